The van der Waals surface area contributed by atoms with Crippen molar-refractivity contribution >= 4 is 5.69 Å². The van der Waals surface area contributed by atoms with Gasteiger partial charge in [0.2, 0.25) is 0 Å². The number of hydrogen-bond acceptors (Lipinski definition) is 3. The molecule has 0 radical (unpaired) electrons. The lowest BCUT2D eigenvalue weighted by Gasteiger charge is -2.19. The highest BCUT2D eigenvalue weighted by Crippen LogP contribution is 2.22. The van der Waals surface area contributed by atoms with Crippen molar-refractivity contribution in [3.8, 4) is 0 Å². The second-order valence-electron chi connectivity index (χ2n) is 4.43. The number of allylic oxidation sites excluding steroid dienone is 1. The Kier molecular flexibility index (Phi) is 5.73. The summed E-state index contributed by atoms with van der Waals surface area (Å²) in [5.41, 5.74) is 5.33. The van der Waals surface area contributed by atoms with E-state index in [2.05, 4.69) is 41.2 Å². The number of nitrogens with zero attached hydrogens (tertiary/aromatic N) is 1. The maximum Gasteiger partial charge on any atom is 0.0460 e. The van der Waals surface area contributed by atoms with Crippen molar-refractivity contribution < 1.29 is 0 Å². The number of rotatable bonds is 7. The molecule has 1 aromatic rings. The first-order valence-corrected chi connectivity index (χ1v) is 6.03. The molecule has 0 amide bonds. The van der Waals surface area contributed by atoms with Crippen LogP contribution >= 0.6 is 0 Å². The Morgan fingerprint density at radius 1 is 1.47 bits per heavy atom. The standard InChI is InChI=1S/C14H23N3/c1-4-5-6-10-14(16-15)12-8-7-9-13(11-12)17(2)3/h4,7-9,11,14,16H,1,5-6,10,15H2,2-3H3. The Hall–Kier alpha value is -1.32. The average Bonchev–Trinajstić information content (AvgIpc) is 2.35. The lowest BCUT2D eigenvalue weighted by molar-refractivity contribution is 0.501. The van der Waals surface area contributed by atoms with E-state index in [1.54, 1.807) is 0 Å². The molecule has 94 valence electrons. The van der Waals surface area contributed by atoms with Crippen molar-refractivity contribution in [1.82, 2.24) is 5.43 Å². The Balaban J connectivity index is 2.73. The highest BCUT2D eigenvalue weighted by molar-refractivity contribution is 5.47. The fraction of sp³-hybridized carbons (Fsp3) is 0.429. The van der Waals surface area contributed by atoms with Gasteiger partial charge in [-0.1, -0.05) is 18.2 Å². The van der Waals surface area contributed by atoms with Crippen molar-refractivity contribution in [2.24, 2.45) is 5.84 Å². The lowest BCUT2D eigenvalue weighted by atomic mass is 10.0. The van der Waals surface area contributed by atoms with Crippen LogP contribution in [0, 0.1) is 0 Å². The van der Waals surface area contributed by atoms with Crippen LogP contribution in [0.25, 0.3) is 0 Å². The number of nitrogens with two attached hydrogens (primary N) is 1. The number of hydrogen-bond donors (Lipinski definition) is 2. The number of hydrazine groups is 1. The quantitative estimate of drug-likeness (QED) is 0.329. The summed E-state index contributed by atoms with van der Waals surface area (Å²) in [7, 11) is 4.09. The van der Waals surface area contributed by atoms with Gasteiger partial charge in [-0.3, -0.25) is 11.3 Å². The third-order valence-corrected chi connectivity index (χ3v) is 2.89. The fourth-order valence-corrected chi connectivity index (χ4v) is 1.83. The van der Waals surface area contributed by atoms with Crippen LogP contribution in [0.4, 0.5) is 5.69 Å². The molecule has 0 spiro atoms. The molecule has 0 fully saturated rings. The third-order valence-electron chi connectivity index (χ3n) is 2.89. The van der Waals surface area contributed by atoms with E-state index in [9.17, 15) is 0 Å². The summed E-state index contributed by atoms with van der Waals surface area (Å²) in [4.78, 5) is 2.10. The Morgan fingerprint density at radius 2 is 2.24 bits per heavy atom. The molecule has 1 unspecified atom stereocenters. The molecule has 1 aromatic carbocycles. The van der Waals surface area contributed by atoms with E-state index in [1.807, 2.05) is 20.2 Å². The molecule has 0 aromatic heterocycles. The van der Waals surface area contributed by atoms with E-state index < -0.39 is 0 Å². The van der Waals surface area contributed by atoms with Crippen LogP contribution in [-0.4, -0.2) is 14.1 Å². The SMILES string of the molecule is C=CCCCC(NN)c1cccc(N(C)C)c1. The molecule has 1 rings (SSSR count). The van der Waals surface area contributed by atoms with Gasteiger partial charge in [-0.05, 0) is 37.0 Å². The lowest BCUT2D eigenvalue weighted by Crippen LogP contribution is -2.28. The van der Waals surface area contributed by atoms with E-state index >= 15 is 0 Å². The highest BCUT2D eigenvalue weighted by atomic mass is 15.2. The minimum atomic E-state index is 0.217. The largest absolute Gasteiger partial charge is 0.378 e. The van der Waals surface area contributed by atoms with Crippen LogP contribution in [0.1, 0.15) is 30.9 Å². The maximum atomic E-state index is 5.62. The molecular formula is C14H23N3. The number of unbranched alkanes of at least 4 members (excludes halogenated alkanes) is 1. The van der Waals surface area contributed by atoms with Gasteiger partial charge in [-0.2, -0.15) is 0 Å². The van der Waals surface area contributed by atoms with Crippen molar-refractivity contribution in [2.45, 2.75) is 25.3 Å². The molecule has 0 saturated heterocycles. The van der Waals surface area contributed by atoms with Crippen molar-refractivity contribution in [3.05, 3.63) is 42.5 Å². The molecular weight excluding hydrogens is 210 g/mol. The normalized spacial score (nSPS) is 12.2. The predicted molar refractivity (Wildman–Crippen MR) is 74.9 cm³/mol. The van der Waals surface area contributed by atoms with Gasteiger partial charge < -0.3 is 4.90 Å². The van der Waals surface area contributed by atoms with Crippen molar-refractivity contribution in [2.75, 3.05) is 19.0 Å². The summed E-state index contributed by atoms with van der Waals surface area (Å²) in [6.07, 6.45) is 5.11. The molecule has 0 bridgehead atoms. The summed E-state index contributed by atoms with van der Waals surface area (Å²) in [5.74, 6) is 5.62. The zero-order valence-electron chi connectivity index (χ0n) is 10.8. The van der Waals surface area contributed by atoms with E-state index in [4.69, 9.17) is 5.84 Å². The molecule has 0 saturated carbocycles. The minimum Gasteiger partial charge on any atom is -0.378 e. The topological polar surface area (TPSA) is 41.3 Å². The molecule has 3 nitrogen and oxygen atoms in total. The summed E-state index contributed by atoms with van der Waals surface area (Å²) in [6, 6.07) is 8.68. The average molecular weight is 233 g/mol. The van der Waals surface area contributed by atoms with Crippen LogP contribution < -0.4 is 16.2 Å². The Labute approximate surface area is 104 Å². The Morgan fingerprint density at radius 3 is 2.82 bits per heavy atom. The summed E-state index contributed by atoms with van der Waals surface area (Å²) in [6.45, 7) is 3.74. The van der Waals surface area contributed by atoms with Crippen LogP contribution in [0.3, 0.4) is 0 Å². The van der Waals surface area contributed by atoms with Gasteiger partial charge in [0, 0.05) is 25.8 Å². The zero-order valence-corrected chi connectivity index (χ0v) is 10.8. The maximum absolute atomic E-state index is 5.62. The first-order valence-electron chi connectivity index (χ1n) is 6.03. The smallest absolute Gasteiger partial charge is 0.0460 e. The van der Waals surface area contributed by atoms with E-state index in [0.717, 1.165) is 19.3 Å². The number of nitrogens with one attached hydrogen (secondary N) is 1. The van der Waals surface area contributed by atoms with Gasteiger partial charge in [-0.25, -0.2) is 0 Å². The Bertz CT molecular complexity index is 347. The molecule has 3 N–H and O–H groups in total. The second kappa shape index (κ2) is 7.09. The summed E-state index contributed by atoms with van der Waals surface area (Å²) >= 11 is 0. The van der Waals surface area contributed by atoms with Gasteiger partial charge >= 0.3 is 0 Å². The van der Waals surface area contributed by atoms with Gasteiger partial charge in [0.15, 0.2) is 0 Å². The van der Waals surface area contributed by atoms with Gasteiger partial charge in [0.1, 0.15) is 0 Å². The van der Waals surface area contributed by atoms with Crippen LogP contribution in [0.5, 0.6) is 0 Å². The number of anilines is 1. The van der Waals surface area contributed by atoms with Gasteiger partial charge in [0.25, 0.3) is 0 Å². The molecule has 0 aliphatic rings. The van der Waals surface area contributed by atoms with Crippen LogP contribution in [0.2, 0.25) is 0 Å². The second-order valence-corrected chi connectivity index (χ2v) is 4.43. The zero-order chi connectivity index (χ0) is 12.7. The molecule has 3 heteroatoms. The molecule has 17 heavy (non-hydrogen) atoms. The molecule has 0 aliphatic carbocycles. The monoisotopic (exact) mass is 233 g/mol. The van der Waals surface area contributed by atoms with Crippen LogP contribution in [0.15, 0.2) is 36.9 Å². The van der Waals surface area contributed by atoms with Gasteiger partial charge in [0.05, 0.1) is 0 Å². The first kappa shape index (κ1) is 13.7. The van der Waals surface area contributed by atoms with Crippen LogP contribution in [-0.2, 0) is 0 Å². The highest BCUT2D eigenvalue weighted by Gasteiger charge is 2.09. The molecule has 1 atom stereocenters. The number of benzene rings is 1. The van der Waals surface area contributed by atoms with E-state index in [1.165, 1.54) is 11.3 Å². The minimum absolute atomic E-state index is 0.217. The van der Waals surface area contributed by atoms with E-state index in [-0.39, 0.29) is 6.04 Å². The molecule has 0 heterocycles. The first-order chi connectivity index (χ1) is 8.19. The van der Waals surface area contributed by atoms with Crippen molar-refractivity contribution in [3.63, 3.8) is 0 Å². The third kappa shape index (κ3) is 4.21. The van der Waals surface area contributed by atoms with Gasteiger partial charge in [-0.15, -0.1) is 6.58 Å². The molecule has 0 aliphatic heterocycles. The fourth-order valence-electron chi connectivity index (χ4n) is 1.83. The van der Waals surface area contributed by atoms with Crippen molar-refractivity contribution in [1.29, 1.82) is 0 Å². The summed E-state index contributed by atoms with van der Waals surface area (Å²) in [5, 5.41) is 0. The predicted octanol–water partition coefficient (Wildman–Crippen LogP) is 2.61. The summed E-state index contributed by atoms with van der Waals surface area (Å²) < 4.78 is 0. The van der Waals surface area contributed by atoms with E-state index in [0.29, 0.717) is 0 Å².